The maximum atomic E-state index is 9.72. The predicted molar refractivity (Wildman–Crippen MR) is 63.7 cm³/mol. The molecular formula is C13H16O4. The number of aliphatic hydroxyl groups excluding tert-OH is 3. The Morgan fingerprint density at radius 3 is 2.41 bits per heavy atom. The Labute approximate surface area is 99.1 Å². The summed E-state index contributed by atoms with van der Waals surface area (Å²) in [6.45, 7) is 3.48. The van der Waals surface area contributed by atoms with Crippen LogP contribution in [0.15, 0.2) is 22.6 Å². The third kappa shape index (κ3) is 2.20. The smallest absolute Gasteiger partial charge is 0.140 e. The number of hydrogen-bond acceptors (Lipinski definition) is 4. The second kappa shape index (κ2) is 4.49. The summed E-state index contributed by atoms with van der Waals surface area (Å²) in [7, 11) is 0. The van der Waals surface area contributed by atoms with Crippen LogP contribution >= 0.6 is 0 Å². The van der Waals surface area contributed by atoms with Crippen LogP contribution in [0.4, 0.5) is 0 Å². The Balaban J connectivity index is 2.44. The molecule has 0 aliphatic heterocycles. The molecule has 4 heteroatoms. The summed E-state index contributed by atoms with van der Waals surface area (Å²) < 4.78 is 5.47. The minimum absolute atomic E-state index is 0.270. The van der Waals surface area contributed by atoms with E-state index in [1.165, 1.54) is 0 Å². The fraction of sp³-hybridized carbons (Fsp3) is 0.385. The van der Waals surface area contributed by atoms with E-state index in [0.29, 0.717) is 5.58 Å². The van der Waals surface area contributed by atoms with E-state index in [4.69, 9.17) is 9.52 Å². The molecule has 0 spiro atoms. The lowest BCUT2D eigenvalue weighted by atomic mass is 10.1. The zero-order chi connectivity index (χ0) is 12.6. The molecule has 0 saturated carbocycles. The maximum Gasteiger partial charge on any atom is 0.140 e. The fourth-order valence-electron chi connectivity index (χ4n) is 1.76. The van der Waals surface area contributed by atoms with Crippen molar-refractivity contribution >= 4 is 11.0 Å². The quantitative estimate of drug-likeness (QED) is 0.753. The topological polar surface area (TPSA) is 73.8 Å². The molecule has 2 rings (SSSR count). The first kappa shape index (κ1) is 12.1. The highest BCUT2D eigenvalue weighted by Gasteiger charge is 2.21. The normalized spacial score (nSPS) is 15.1. The van der Waals surface area contributed by atoms with E-state index in [2.05, 4.69) is 0 Å². The second-order valence-corrected chi connectivity index (χ2v) is 4.32. The van der Waals surface area contributed by atoms with Crippen LogP contribution in [0.3, 0.4) is 0 Å². The molecule has 0 aliphatic rings. The summed E-state index contributed by atoms with van der Waals surface area (Å²) in [6.07, 6.45) is -2.43. The standard InChI is InChI=1S/C13H16O4/c1-7-3-9-5-12(13(16)10(15)6-14)17-11(9)4-8(7)2/h3-5,10,13-16H,6H2,1-2H3/t10-,13+/m1/s1. The van der Waals surface area contributed by atoms with Gasteiger partial charge in [-0.1, -0.05) is 0 Å². The van der Waals surface area contributed by atoms with Crippen LogP contribution in [0.2, 0.25) is 0 Å². The first-order valence-corrected chi connectivity index (χ1v) is 5.50. The van der Waals surface area contributed by atoms with Crippen LogP contribution in [0.1, 0.15) is 23.0 Å². The highest BCUT2D eigenvalue weighted by atomic mass is 16.4. The van der Waals surface area contributed by atoms with Gasteiger partial charge in [0.05, 0.1) is 6.61 Å². The van der Waals surface area contributed by atoms with Crippen molar-refractivity contribution in [1.82, 2.24) is 0 Å². The molecule has 1 aromatic carbocycles. The third-order valence-electron chi connectivity index (χ3n) is 2.99. The molecule has 1 aromatic heterocycles. The Kier molecular flexibility index (Phi) is 3.19. The van der Waals surface area contributed by atoms with Gasteiger partial charge in [0.25, 0.3) is 0 Å². The van der Waals surface area contributed by atoms with Gasteiger partial charge in [0, 0.05) is 5.39 Å². The van der Waals surface area contributed by atoms with Gasteiger partial charge in [-0.05, 0) is 43.2 Å². The lowest BCUT2D eigenvalue weighted by molar-refractivity contribution is -0.0245. The summed E-state index contributed by atoms with van der Waals surface area (Å²) in [4.78, 5) is 0. The average Bonchev–Trinajstić information content (AvgIpc) is 2.70. The highest BCUT2D eigenvalue weighted by molar-refractivity contribution is 5.79. The van der Waals surface area contributed by atoms with Crippen molar-refractivity contribution < 1.29 is 19.7 Å². The number of benzene rings is 1. The summed E-state index contributed by atoms with van der Waals surface area (Å²) in [5.74, 6) is 0.270. The Hall–Kier alpha value is -1.36. The van der Waals surface area contributed by atoms with Gasteiger partial charge in [0.2, 0.25) is 0 Å². The summed E-state index contributed by atoms with van der Waals surface area (Å²) in [5, 5.41) is 28.7. The van der Waals surface area contributed by atoms with E-state index in [-0.39, 0.29) is 5.76 Å². The predicted octanol–water partition coefficient (Wildman–Crippen LogP) is 1.44. The molecule has 3 N–H and O–H groups in total. The molecule has 2 atom stereocenters. The van der Waals surface area contributed by atoms with Crippen molar-refractivity contribution in [2.24, 2.45) is 0 Å². The number of aryl methyl sites for hydroxylation is 2. The zero-order valence-electron chi connectivity index (χ0n) is 9.84. The molecule has 4 nitrogen and oxygen atoms in total. The minimum Gasteiger partial charge on any atom is -0.458 e. The monoisotopic (exact) mass is 236 g/mol. The van der Waals surface area contributed by atoms with Crippen LogP contribution in [0, 0.1) is 13.8 Å². The van der Waals surface area contributed by atoms with Gasteiger partial charge in [-0.25, -0.2) is 0 Å². The minimum atomic E-state index is -1.22. The number of rotatable bonds is 3. The van der Waals surface area contributed by atoms with E-state index >= 15 is 0 Å². The Bertz CT molecular complexity index is 490. The van der Waals surface area contributed by atoms with Gasteiger partial charge in [-0.15, -0.1) is 0 Å². The van der Waals surface area contributed by atoms with E-state index in [9.17, 15) is 10.2 Å². The molecule has 0 radical (unpaired) electrons. The van der Waals surface area contributed by atoms with Gasteiger partial charge in [0.1, 0.15) is 23.6 Å². The van der Waals surface area contributed by atoms with Gasteiger partial charge >= 0.3 is 0 Å². The van der Waals surface area contributed by atoms with Crippen LogP contribution in [-0.4, -0.2) is 28.0 Å². The van der Waals surface area contributed by atoms with Crippen molar-refractivity contribution in [3.63, 3.8) is 0 Å². The van der Waals surface area contributed by atoms with Crippen LogP contribution < -0.4 is 0 Å². The molecule has 0 amide bonds. The molecule has 0 saturated heterocycles. The van der Waals surface area contributed by atoms with Crippen LogP contribution in [0.5, 0.6) is 0 Å². The molecule has 0 aliphatic carbocycles. The first-order chi connectivity index (χ1) is 8.02. The lowest BCUT2D eigenvalue weighted by Gasteiger charge is -2.12. The number of hydrogen-bond donors (Lipinski definition) is 3. The van der Waals surface area contributed by atoms with E-state index in [0.717, 1.165) is 16.5 Å². The Morgan fingerprint density at radius 1 is 1.12 bits per heavy atom. The van der Waals surface area contributed by atoms with Crippen LogP contribution in [-0.2, 0) is 0 Å². The van der Waals surface area contributed by atoms with Gasteiger partial charge in [-0.3, -0.25) is 0 Å². The van der Waals surface area contributed by atoms with Crippen molar-refractivity contribution in [2.45, 2.75) is 26.1 Å². The SMILES string of the molecule is Cc1cc2cc([C@@H](O)[C@H](O)CO)oc2cc1C. The number of aliphatic hydroxyl groups is 3. The molecule has 0 fully saturated rings. The molecule has 92 valence electrons. The van der Waals surface area contributed by atoms with Crippen LogP contribution in [0.25, 0.3) is 11.0 Å². The number of fused-ring (bicyclic) bond motifs is 1. The Morgan fingerprint density at radius 2 is 1.76 bits per heavy atom. The third-order valence-corrected chi connectivity index (χ3v) is 2.99. The molecule has 1 heterocycles. The average molecular weight is 236 g/mol. The molecule has 2 aromatic rings. The van der Waals surface area contributed by atoms with E-state index in [1.54, 1.807) is 6.07 Å². The van der Waals surface area contributed by atoms with Crippen molar-refractivity contribution in [3.05, 3.63) is 35.1 Å². The van der Waals surface area contributed by atoms with E-state index in [1.807, 2.05) is 26.0 Å². The van der Waals surface area contributed by atoms with E-state index < -0.39 is 18.8 Å². The summed E-state index contributed by atoms with van der Waals surface area (Å²) in [6, 6.07) is 5.55. The maximum absolute atomic E-state index is 9.72. The largest absolute Gasteiger partial charge is 0.458 e. The van der Waals surface area contributed by atoms with Crippen molar-refractivity contribution in [1.29, 1.82) is 0 Å². The molecular weight excluding hydrogens is 220 g/mol. The second-order valence-electron chi connectivity index (χ2n) is 4.32. The summed E-state index contributed by atoms with van der Waals surface area (Å²) in [5.41, 5.74) is 2.92. The molecule has 0 unspecified atom stereocenters. The molecule has 0 bridgehead atoms. The number of furan rings is 1. The van der Waals surface area contributed by atoms with Gasteiger partial charge in [-0.2, -0.15) is 0 Å². The van der Waals surface area contributed by atoms with Crippen molar-refractivity contribution in [3.8, 4) is 0 Å². The molecule has 17 heavy (non-hydrogen) atoms. The zero-order valence-corrected chi connectivity index (χ0v) is 9.84. The highest BCUT2D eigenvalue weighted by Crippen LogP contribution is 2.27. The van der Waals surface area contributed by atoms with Crippen molar-refractivity contribution in [2.75, 3.05) is 6.61 Å². The fourth-order valence-corrected chi connectivity index (χ4v) is 1.76. The van der Waals surface area contributed by atoms with Gasteiger partial charge in [0.15, 0.2) is 0 Å². The summed E-state index contributed by atoms with van der Waals surface area (Å²) >= 11 is 0. The first-order valence-electron chi connectivity index (χ1n) is 5.50. The van der Waals surface area contributed by atoms with Gasteiger partial charge < -0.3 is 19.7 Å². The lowest BCUT2D eigenvalue weighted by Crippen LogP contribution is -2.21.